The summed E-state index contributed by atoms with van der Waals surface area (Å²) in [7, 11) is 0. The lowest BCUT2D eigenvalue weighted by Crippen LogP contribution is -2.54. The fraction of sp³-hybridized carbons (Fsp3) is 0.522. The van der Waals surface area contributed by atoms with Crippen molar-refractivity contribution in [3.8, 4) is 0 Å². The number of anilines is 3. The number of nitrogens with zero attached hydrogens (tertiary/aromatic N) is 4. The third-order valence-corrected chi connectivity index (χ3v) is 7.12. The summed E-state index contributed by atoms with van der Waals surface area (Å²) in [5, 5.41) is 18.9. The molecule has 3 aromatic heterocycles. The van der Waals surface area contributed by atoms with E-state index in [2.05, 4.69) is 42.1 Å². The van der Waals surface area contributed by atoms with Gasteiger partial charge in [0.2, 0.25) is 0 Å². The molecule has 6 heterocycles. The molecule has 2 bridgehead atoms. The SMILES string of the molecule is Cc1cc(Nc2cc3ncccc3c(N[C@@H]3C[C@H]4CC[C@@H](C3)N4CC3CNC3)n2)n[nH]1. The molecule has 0 saturated carbocycles. The van der Waals surface area contributed by atoms with Crippen molar-refractivity contribution in [3.63, 3.8) is 0 Å². The van der Waals surface area contributed by atoms with E-state index in [0.717, 1.165) is 40.0 Å². The van der Waals surface area contributed by atoms with Crippen LogP contribution >= 0.6 is 0 Å². The monoisotopic (exact) mass is 418 g/mol. The molecule has 0 aromatic carbocycles. The summed E-state index contributed by atoms with van der Waals surface area (Å²) in [6.07, 6.45) is 6.88. The van der Waals surface area contributed by atoms with Crippen molar-refractivity contribution in [1.82, 2.24) is 30.4 Å². The Bertz CT molecular complexity index is 1060. The Kier molecular flexibility index (Phi) is 4.76. The highest BCUT2D eigenvalue weighted by molar-refractivity contribution is 5.91. The Morgan fingerprint density at radius 1 is 1.13 bits per heavy atom. The van der Waals surface area contributed by atoms with Crippen LogP contribution in [0.25, 0.3) is 10.9 Å². The minimum Gasteiger partial charge on any atom is -0.367 e. The van der Waals surface area contributed by atoms with Crippen molar-refractivity contribution in [2.45, 2.75) is 50.7 Å². The van der Waals surface area contributed by atoms with Crippen LogP contribution in [0.4, 0.5) is 17.5 Å². The van der Waals surface area contributed by atoms with E-state index < -0.39 is 0 Å². The van der Waals surface area contributed by atoms with Gasteiger partial charge < -0.3 is 16.0 Å². The van der Waals surface area contributed by atoms with Gasteiger partial charge >= 0.3 is 0 Å². The highest BCUT2D eigenvalue weighted by Gasteiger charge is 2.42. The molecule has 162 valence electrons. The maximum absolute atomic E-state index is 4.92. The summed E-state index contributed by atoms with van der Waals surface area (Å²) in [5.41, 5.74) is 1.95. The zero-order valence-corrected chi connectivity index (χ0v) is 17.9. The third kappa shape index (κ3) is 3.74. The van der Waals surface area contributed by atoms with E-state index in [9.17, 15) is 0 Å². The standard InChI is InChI=1S/C23H30N8/c1-14-7-22(30-29-14)27-21-10-20-19(3-2-6-25-20)23(28-21)26-16-8-17-4-5-18(9-16)31(17)13-15-11-24-12-15/h2-3,6-7,10,15-18,24H,4-5,8-9,11-13H2,1H3,(H3,26,27,28,29,30)/t16-,17-,18+. The first kappa shape index (κ1) is 19.0. The van der Waals surface area contributed by atoms with Crippen LogP contribution in [0.1, 0.15) is 31.4 Å². The Balaban J connectivity index is 1.22. The number of aryl methyl sites for hydroxylation is 1. The van der Waals surface area contributed by atoms with Gasteiger partial charge in [-0.3, -0.25) is 15.0 Å². The molecule has 3 aromatic rings. The highest BCUT2D eigenvalue weighted by Crippen LogP contribution is 2.38. The van der Waals surface area contributed by atoms with E-state index in [1.54, 1.807) is 0 Å². The number of piperidine rings is 1. The average molecular weight is 419 g/mol. The zero-order valence-electron chi connectivity index (χ0n) is 17.9. The largest absolute Gasteiger partial charge is 0.367 e. The molecule has 0 aliphatic carbocycles. The van der Waals surface area contributed by atoms with Gasteiger partial charge in [-0.2, -0.15) is 5.10 Å². The molecule has 0 unspecified atom stereocenters. The number of hydrogen-bond donors (Lipinski definition) is 4. The molecule has 3 atom stereocenters. The second kappa shape index (κ2) is 7.76. The van der Waals surface area contributed by atoms with E-state index in [1.165, 1.54) is 45.3 Å². The first-order chi connectivity index (χ1) is 15.2. The molecular weight excluding hydrogens is 388 g/mol. The van der Waals surface area contributed by atoms with Gasteiger partial charge in [-0.15, -0.1) is 0 Å². The summed E-state index contributed by atoms with van der Waals surface area (Å²) in [5.74, 6) is 3.29. The lowest BCUT2D eigenvalue weighted by atomic mass is 9.94. The fourth-order valence-corrected chi connectivity index (χ4v) is 5.52. The van der Waals surface area contributed by atoms with Crippen LogP contribution in [0.15, 0.2) is 30.5 Å². The number of aromatic amines is 1. The van der Waals surface area contributed by atoms with Crippen LogP contribution in [0.3, 0.4) is 0 Å². The van der Waals surface area contributed by atoms with Crippen molar-refractivity contribution in [2.24, 2.45) is 5.92 Å². The number of H-pyrrole nitrogens is 1. The van der Waals surface area contributed by atoms with Crippen molar-refractivity contribution >= 4 is 28.4 Å². The topological polar surface area (TPSA) is 93.8 Å². The minimum atomic E-state index is 0.451. The maximum atomic E-state index is 4.92. The maximum Gasteiger partial charge on any atom is 0.153 e. The van der Waals surface area contributed by atoms with Gasteiger partial charge in [0.1, 0.15) is 11.6 Å². The molecule has 8 heteroatoms. The molecular formula is C23H30N8. The number of aromatic nitrogens is 4. The minimum absolute atomic E-state index is 0.451. The number of pyridine rings is 2. The molecule has 4 N–H and O–H groups in total. The summed E-state index contributed by atoms with van der Waals surface area (Å²) in [6.45, 7) is 5.64. The van der Waals surface area contributed by atoms with Crippen molar-refractivity contribution in [1.29, 1.82) is 0 Å². The molecule has 6 rings (SSSR count). The summed E-state index contributed by atoms with van der Waals surface area (Å²) < 4.78 is 0. The number of fused-ring (bicyclic) bond motifs is 3. The van der Waals surface area contributed by atoms with E-state index in [0.29, 0.717) is 18.1 Å². The van der Waals surface area contributed by atoms with Crippen molar-refractivity contribution in [3.05, 3.63) is 36.2 Å². The Hall–Kier alpha value is -2.71. The van der Waals surface area contributed by atoms with Crippen molar-refractivity contribution < 1.29 is 0 Å². The van der Waals surface area contributed by atoms with Crippen LogP contribution in [0.2, 0.25) is 0 Å². The van der Waals surface area contributed by atoms with Crippen LogP contribution in [-0.4, -0.2) is 62.8 Å². The second-order valence-corrected chi connectivity index (χ2v) is 9.41. The van der Waals surface area contributed by atoms with E-state index in [4.69, 9.17) is 4.98 Å². The van der Waals surface area contributed by atoms with Gasteiger partial charge in [-0.05, 0) is 50.7 Å². The lowest BCUT2D eigenvalue weighted by molar-refractivity contribution is 0.0963. The van der Waals surface area contributed by atoms with E-state index >= 15 is 0 Å². The molecule has 0 amide bonds. The third-order valence-electron chi connectivity index (χ3n) is 7.12. The van der Waals surface area contributed by atoms with Crippen LogP contribution in [0, 0.1) is 12.8 Å². The molecule has 3 fully saturated rings. The smallest absolute Gasteiger partial charge is 0.153 e. The predicted octanol–water partition coefficient (Wildman–Crippen LogP) is 3.03. The molecule has 3 aliphatic rings. The quantitative estimate of drug-likeness (QED) is 0.489. The van der Waals surface area contributed by atoms with Crippen molar-refractivity contribution in [2.75, 3.05) is 30.3 Å². The average Bonchev–Trinajstić information content (AvgIpc) is 3.23. The Morgan fingerprint density at radius 3 is 2.68 bits per heavy atom. The predicted molar refractivity (Wildman–Crippen MR) is 123 cm³/mol. The number of rotatable bonds is 6. The Morgan fingerprint density at radius 2 is 1.97 bits per heavy atom. The van der Waals surface area contributed by atoms with Gasteiger partial charge in [-0.1, -0.05) is 0 Å². The number of nitrogens with one attached hydrogen (secondary N) is 4. The van der Waals surface area contributed by atoms with Gasteiger partial charge in [0.15, 0.2) is 5.82 Å². The summed E-state index contributed by atoms with van der Waals surface area (Å²) in [6, 6.07) is 9.91. The summed E-state index contributed by atoms with van der Waals surface area (Å²) in [4.78, 5) is 12.3. The molecule has 0 radical (unpaired) electrons. The fourth-order valence-electron chi connectivity index (χ4n) is 5.52. The second-order valence-electron chi connectivity index (χ2n) is 9.41. The zero-order chi connectivity index (χ0) is 20.8. The highest BCUT2D eigenvalue weighted by atomic mass is 15.2. The summed E-state index contributed by atoms with van der Waals surface area (Å²) >= 11 is 0. The van der Waals surface area contributed by atoms with Gasteiger partial charge in [0.05, 0.1) is 5.52 Å². The molecule has 31 heavy (non-hydrogen) atoms. The van der Waals surface area contributed by atoms with Gasteiger partial charge in [0.25, 0.3) is 0 Å². The van der Waals surface area contributed by atoms with Gasteiger partial charge in [0, 0.05) is 67.2 Å². The van der Waals surface area contributed by atoms with E-state index in [-0.39, 0.29) is 0 Å². The van der Waals surface area contributed by atoms with Crippen LogP contribution in [-0.2, 0) is 0 Å². The normalized spacial score (nSPS) is 26.2. The Labute approximate surface area is 182 Å². The first-order valence-electron chi connectivity index (χ1n) is 11.5. The molecule has 0 spiro atoms. The lowest BCUT2D eigenvalue weighted by Gasteiger charge is -2.42. The van der Waals surface area contributed by atoms with Crippen LogP contribution in [0.5, 0.6) is 0 Å². The molecule has 8 nitrogen and oxygen atoms in total. The van der Waals surface area contributed by atoms with E-state index in [1.807, 2.05) is 31.3 Å². The number of hydrogen-bond acceptors (Lipinski definition) is 7. The van der Waals surface area contributed by atoms with Crippen LogP contribution < -0.4 is 16.0 Å². The molecule has 3 saturated heterocycles. The molecule has 3 aliphatic heterocycles. The van der Waals surface area contributed by atoms with Gasteiger partial charge in [-0.25, -0.2) is 4.98 Å². The first-order valence-corrected chi connectivity index (χ1v) is 11.5.